The summed E-state index contributed by atoms with van der Waals surface area (Å²) >= 11 is 0. The SMILES string of the molecule is COc1ccc(O)c(C=NCCc2ccc(OC(F)F)c(OC)c2)c1. The van der Waals surface area contributed by atoms with Crippen LogP contribution in [-0.2, 0) is 6.42 Å². The molecule has 1 N–H and O–H groups in total. The van der Waals surface area contributed by atoms with Gasteiger partial charge in [-0.2, -0.15) is 8.78 Å². The minimum Gasteiger partial charge on any atom is -0.507 e. The quantitative estimate of drug-likeness (QED) is 0.737. The molecular formula is C18H19F2NO4. The molecule has 0 radical (unpaired) electrons. The van der Waals surface area contributed by atoms with Crippen LogP contribution in [0.3, 0.4) is 0 Å². The molecule has 0 spiro atoms. The van der Waals surface area contributed by atoms with Crippen molar-refractivity contribution in [2.45, 2.75) is 13.0 Å². The third-order valence-corrected chi connectivity index (χ3v) is 3.44. The number of hydrogen-bond donors (Lipinski definition) is 1. The Morgan fingerprint density at radius 1 is 1.08 bits per heavy atom. The number of phenolic OH excluding ortho intramolecular Hbond substituents is 1. The number of hydrogen-bond acceptors (Lipinski definition) is 5. The first-order valence-electron chi connectivity index (χ1n) is 7.52. The zero-order chi connectivity index (χ0) is 18.2. The van der Waals surface area contributed by atoms with Gasteiger partial charge in [-0.15, -0.1) is 0 Å². The van der Waals surface area contributed by atoms with Crippen LogP contribution in [0.1, 0.15) is 11.1 Å². The number of ether oxygens (including phenoxy) is 3. The van der Waals surface area contributed by atoms with Crippen LogP contribution in [0.25, 0.3) is 0 Å². The van der Waals surface area contributed by atoms with Crippen LogP contribution in [-0.4, -0.2) is 38.7 Å². The molecule has 0 aliphatic rings. The smallest absolute Gasteiger partial charge is 0.387 e. The first kappa shape index (κ1) is 18.5. The van der Waals surface area contributed by atoms with Gasteiger partial charge in [0.2, 0.25) is 0 Å². The Bertz CT molecular complexity index is 735. The summed E-state index contributed by atoms with van der Waals surface area (Å²) in [5, 5.41) is 9.78. The number of rotatable bonds is 8. The van der Waals surface area contributed by atoms with Crippen LogP contribution in [0.5, 0.6) is 23.0 Å². The van der Waals surface area contributed by atoms with Gasteiger partial charge in [0.05, 0.1) is 14.2 Å². The zero-order valence-electron chi connectivity index (χ0n) is 13.9. The Morgan fingerprint density at radius 3 is 2.56 bits per heavy atom. The van der Waals surface area contributed by atoms with E-state index >= 15 is 0 Å². The minimum atomic E-state index is -2.90. The summed E-state index contributed by atoms with van der Waals surface area (Å²) in [6.45, 7) is -2.45. The molecule has 2 aromatic carbocycles. The van der Waals surface area contributed by atoms with E-state index in [1.165, 1.54) is 19.2 Å². The van der Waals surface area contributed by atoms with Crippen LogP contribution in [0.15, 0.2) is 41.4 Å². The first-order chi connectivity index (χ1) is 12.0. The number of benzene rings is 2. The number of alkyl halides is 2. The second-order valence-corrected chi connectivity index (χ2v) is 5.07. The summed E-state index contributed by atoms with van der Waals surface area (Å²) in [6.07, 6.45) is 2.13. The van der Waals surface area contributed by atoms with Crippen LogP contribution in [0.2, 0.25) is 0 Å². The van der Waals surface area contributed by atoms with Gasteiger partial charge in [0.25, 0.3) is 0 Å². The molecule has 0 unspecified atom stereocenters. The van der Waals surface area contributed by atoms with Gasteiger partial charge in [-0.25, -0.2) is 0 Å². The molecule has 2 aromatic rings. The van der Waals surface area contributed by atoms with Gasteiger partial charge < -0.3 is 19.3 Å². The fourth-order valence-corrected chi connectivity index (χ4v) is 2.18. The molecule has 0 saturated carbocycles. The van der Waals surface area contributed by atoms with Gasteiger partial charge in [0, 0.05) is 18.3 Å². The molecule has 0 saturated heterocycles. The second kappa shape index (κ2) is 8.86. The Kier molecular flexibility index (Phi) is 6.56. The monoisotopic (exact) mass is 351 g/mol. The van der Waals surface area contributed by atoms with E-state index in [2.05, 4.69) is 9.73 Å². The number of halogens is 2. The molecule has 0 amide bonds. The largest absolute Gasteiger partial charge is 0.507 e. The van der Waals surface area contributed by atoms with E-state index in [-0.39, 0.29) is 17.2 Å². The van der Waals surface area contributed by atoms with Gasteiger partial charge in [-0.3, -0.25) is 4.99 Å². The lowest BCUT2D eigenvalue weighted by atomic mass is 10.1. The van der Waals surface area contributed by atoms with Crippen molar-refractivity contribution in [3.8, 4) is 23.0 Å². The van der Waals surface area contributed by atoms with Gasteiger partial charge in [-0.1, -0.05) is 6.07 Å². The van der Waals surface area contributed by atoms with Crippen molar-refractivity contribution in [2.75, 3.05) is 20.8 Å². The number of phenols is 1. The van der Waals surface area contributed by atoms with Crippen molar-refractivity contribution in [1.82, 2.24) is 0 Å². The molecule has 0 aliphatic carbocycles. The number of methoxy groups -OCH3 is 2. The second-order valence-electron chi connectivity index (χ2n) is 5.07. The third-order valence-electron chi connectivity index (χ3n) is 3.44. The van der Waals surface area contributed by atoms with E-state index in [0.717, 1.165) is 5.56 Å². The molecule has 0 atom stereocenters. The molecule has 2 rings (SSSR count). The molecule has 0 fully saturated rings. The maximum atomic E-state index is 12.3. The number of nitrogens with zero attached hydrogens (tertiary/aromatic N) is 1. The van der Waals surface area contributed by atoms with E-state index < -0.39 is 6.61 Å². The summed E-state index contributed by atoms with van der Waals surface area (Å²) in [5.74, 6) is 0.969. The van der Waals surface area contributed by atoms with E-state index in [4.69, 9.17) is 9.47 Å². The predicted molar refractivity (Wildman–Crippen MR) is 90.4 cm³/mol. The van der Waals surface area contributed by atoms with Crippen LogP contribution < -0.4 is 14.2 Å². The van der Waals surface area contributed by atoms with Crippen LogP contribution in [0.4, 0.5) is 8.78 Å². The first-order valence-corrected chi connectivity index (χ1v) is 7.52. The lowest BCUT2D eigenvalue weighted by molar-refractivity contribution is -0.0512. The minimum absolute atomic E-state index is 0.00828. The van der Waals surface area contributed by atoms with E-state index in [0.29, 0.717) is 24.3 Å². The zero-order valence-corrected chi connectivity index (χ0v) is 13.9. The lowest BCUT2D eigenvalue weighted by Gasteiger charge is -2.11. The molecule has 0 bridgehead atoms. The molecule has 25 heavy (non-hydrogen) atoms. The maximum absolute atomic E-state index is 12.3. The Balaban J connectivity index is 1.99. The summed E-state index contributed by atoms with van der Waals surface area (Å²) in [4.78, 5) is 4.27. The third kappa shape index (κ3) is 5.34. The predicted octanol–water partition coefficient (Wildman–Crippen LogP) is 3.67. The highest BCUT2D eigenvalue weighted by atomic mass is 19.3. The molecule has 0 aromatic heterocycles. The number of aromatic hydroxyl groups is 1. The molecule has 0 heterocycles. The van der Waals surface area contributed by atoms with Crippen molar-refractivity contribution < 1.29 is 28.1 Å². The average molecular weight is 351 g/mol. The average Bonchev–Trinajstić information content (AvgIpc) is 2.60. The van der Waals surface area contributed by atoms with Gasteiger partial charge >= 0.3 is 6.61 Å². The highest BCUT2D eigenvalue weighted by Gasteiger charge is 2.10. The lowest BCUT2D eigenvalue weighted by Crippen LogP contribution is -2.04. The van der Waals surface area contributed by atoms with Crippen molar-refractivity contribution >= 4 is 6.21 Å². The van der Waals surface area contributed by atoms with Gasteiger partial charge in [-0.05, 0) is 42.3 Å². The Labute approximate surface area is 144 Å². The highest BCUT2D eigenvalue weighted by Crippen LogP contribution is 2.29. The highest BCUT2D eigenvalue weighted by molar-refractivity contribution is 5.84. The summed E-state index contributed by atoms with van der Waals surface area (Å²) in [7, 11) is 2.93. The fourth-order valence-electron chi connectivity index (χ4n) is 2.18. The normalized spacial score (nSPS) is 11.1. The Hall–Kier alpha value is -2.83. The van der Waals surface area contributed by atoms with Gasteiger partial charge in [0.15, 0.2) is 11.5 Å². The van der Waals surface area contributed by atoms with Crippen LogP contribution >= 0.6 is 0 Å². The molecule has 5 nitrogen and oxygen atoms in total. The maximum Gasteiger partial charge on any atom is 0.387 e. The standard InChI is InChI=1S/C18H19F2NO4/c1-23-14-4-5-15(22)13(10-14)11-21-8-7-12-3-6-16(25-18(19)20)17(9-12)24-2/h3-6,9-11,18,22H,7-8H2,1-2H3. The topological polar surface area (TPSA) is 60.3 Å². The van der Waals surface area contributed by atoms with Crippen molar-refractivity contribution in [3.63, 3.8) is 0 Å². The van der Waals surface area contributed by atoms with Gasteiger partial charge in [0.1, 0.15) is 11.5 Å². The van der Waals surface area contributed by atoms with E-state index in [1.807, 2.05) is 0 Å². The molecule has 134 valence electrons. The number of aliphatic imine (C=N–C) groups is 1. The summed E-state index contributed by atoms with van der Waals surface area (Å²) < 4.78 is 39.2. The van der Waals surface area contributed by atoms with E-state index in [1.54, 1.807) is 37.6 Å². The van der Waals surface area contributed by atoms with Crippen molar-refractivity contribution in [3.05, 3.63) is 47.5 Å². The van der Waals surface area contributed by atoms with Crippen molar-refractivity contribution in [1.29, 1.82) is 0 Å². The summed E-state index contributed by atoms with van der Waals surface area (Å²) in [5.41, 5.74) is 1.42. The molecule has 0 aliphatic heterocycles. The van der Waals surface area contributed by atoms with Crippen LogP contribution in [0, 0.1) is 0 Å². The summed E-state index contributed by atoms with van der Waals surface area (Å²) in [6, 6.07) is 9.63. The molecular weight excluding hydrogens is 332 g/mol. The fraction of sp³-hybridized carbons (Fsp3) is 0.278. The molecule has 7 heteroatoms. The van der Waals surface area contributed by atoms with E-state index in [9.17, 15) is 13.9 Å². The van der Waals surface area contributed by atoms with Crippen molar-refractivity contribution in [2.24, 2.45) is 4.99 Å². The Morgan fingerprint density at radius 2 is 1.88 bits per heavy atom.